The monoisotopic (exact) mass is 348 g/mol. The van der Waals surface area contributed by atoms with E-state index in [0.717, 1.165) is 19.3 Å². The molecular formula is C22H36O3. The van der Waals surface area contributed by atoms with Gasteiger partial charge in [-0.25, -0.2) is 0 Å². The molecule has 0 aromatic rings. The molecule has 3 unspecified atom stereocenters. The molecular weight excluding hydrogens is 312 g/mol. The van der Waals surface area contributed by atoms with Crippen LogP contribution in [-0.2, 0) is 0 Å². The molecule has 4 fully saturated rings. The summed E-state index contributed by atoms with van der Waals surface area (Å²) in [6, 6.07) is 0. The zero-order valence-electron chi connectivity index (χ0n) is 16.4. The minimum atomic E-state index is -1.11. The third-order valence-electron chi connectivity index (χ3n) is 9.22. The number of hydrogen-bond donors (Lipinski definition) is 3. The lowest BCUT2D eigenvalue weighted by atomic mass is 9.42. The van der Waals surface area contributed by atoms with Crippen molar-refractivity contribution < 1.29 is 15.3 Å². The molecule has 142 valence electrons. The number of hydrogen-bond acceptors (Lipinski definition) is 3. The largest absolute Gasteiger partial charge is 0.393 e. The van der Waals surface area contributed by atoms with Gasteiger partial charge in [0, 0.05) is 11.8 Å². The summed E-state index contributed by atoms with van der Waals surface area (Å²) >= 11 is 0. The highest BCUT2D eigenvalue weighted by Crippen LogP contribution is 2.68. The number of rotatable bonds is 0. The Hall–Kier alpha value is -0.380. The normalized spacial score (nSPS) is 55.3. The van der Waals surface area contributed by atoms with Crippen molar-refractivity contribution in [3.63, 3.8) is 0 Å². The average molecular weight is 349 g/mol. The number of allylic oxidation sites excluding steroid dienone is 2. The van der Waals surface area contributed by atoms with Crippen LogP contribution >= 0.6 is 0 Å². The summed E-state index contributed by atoms with van der Waals surface area (Å²) < 4.78 is 0. The van der Waals surface area contributed by atoms with Gasteiger partial charge < -0.3 is 15.3 Å². The van der Waals surface area contributed by atoms with Gasteiger partial charge in [0.25, 0.3) is 0 Å². The van der Waals surface area contributed by atoms with Gasteiger partial charge in [-0.05, 0) is 82.0 Å². The fourth-order valence-electron chi connectivity index (χ4n) is 7.89. The van der Waals surface area contributed by atoms with E-state index in [0.29, 0.717) is 36.0 Å². The second kappa shape index (κ2) is 5.56. The Labute approximate surface area is 152 Å². The fraction of sp³-hybridized carbons (Fsp3) is 0.909. The average Bonchev–Trinajstić information content (AvgIpc) is 2.88. The van der Waals surface area contributed by atoms with Crippen LogP contribution in [0.25, 0.3) is 0 Å². The summed E-state index contributed by atoms with van der Waals surface area (Å²) in [5, 5.41) is 32.6. The molecule has 4 saturated carbocycles. The molecule has 0 radical (unpaired) electrons. The van der Waals surface area contributed by atoms with Crippen LogP contribution in [0.1, 0.15) is 79.1 Å². The van der Waals surface area contributed by atoms with Crippen LogP contribution in [0.2, 0.25) is 0 Å². The van der Waals surface area contributed by atoms with Crippen molar-refractivity contribution in [2.24, 2.45) is 28.6 Å². The fourth-order valence-corrected chi connectivity index (χ4v) is 7.89. The number of aliphatic hydroxyl groups excluding tert-OH is 2. The lowest BCUT2D eigenvalue weighted by Crippen LogP contribution is -2.68. The van der Waals surface area contributed by atoms with E-state index in [2.05, 4.69) is 27.7 Å². The summed E-state index contributed by atoms with van der Waals surface area (Å²) in [4.78, 5) is 0. The Balaban J connectivity index is 1.72. The predicted molar refractivity (Wildman–Crippen MR) is 99.0 cm³/mol. The van der Waals surface area contributed by atoms with E-state index in [4.69, 9.17) is 0 Å². The SMILES string of the molecule is CC(C)=C1CCC2C3C[C@@H](O)[C@@]4(O)C[C@@H](O)CC[C@]4(C)C3CC[C@]12C. The van der Waals surface area contributed by atoms with Crippen molar-refractivity contribution in [2.45, 2.75) is 96.9 Å². The van der Waals surface area contributed by atoms with Gasteiger partial charge in [-0.1, -0.05) is 25.0 Å². The summed E-state index contributed by atoms with van der Waals surface area (Å²) in [5.74, 6) is 1.62. The molecule has 3 heteroatoms. The molecule has 0 spiro atoms. The van der Waals surface area contributed by atoms with Gasteiger partial charge in [0.2, 0.25) is 0 Å². The zero-order chi connectivity index (χ0) is 18.2. The number of aliphatic hydroxyl groups is 3. The molecule has 0 aromatic heterocycles. The van der Waals surface area contributed by atoms with Crippen molar-refractivity contribution in [1.82, 2.24) is 0 Å². The van der Waals surface area contributed by atoms with Crippen LogP contribution in [0.5, 0.6) is 0 Å². The molecule has 4 aliphatic carbocycles. The zero-order valence-corrected chi connectivity index (χ0v) is 16.4. The molecule has 4 aliphatic rings. The van der Waals surface area contributed by atoms with Crippen molar-refractivity contribution in [3.8, 4) is 0 Å². The second-order valence-electron chi connectivity index (χ2n) is 10.3. The van der Waals surface area contributed by atoms with E-state index in [1.807, 2.05) is 0 Å². The maximum atomic E-state index is 11.5. The molecule has 4 rings (SSSR count). The van der Waals surface area contributed by atoms with Crippen molar-refractivity contribution in [1.29, 1.82) is 0 Å². The molecule has 0 amide bonds. The predicted octanol–water partition coefficient (Wildman–Crippen LogP) is 3.81. The van der Waals surface area contributed by atoms with Gasteiger partial charge in [0.1, 0.15) is 0 Å². The van der Waals surface area contributed by atoms with Gasteiger partial charge in [0.15, 0.2) is 0 Å². The van der Waals surface area contributed by atoms with Crippen LogP contribution in [0, 0.1) is 28.6 Å². The summed E-state index contributed by atoms with van der Waals surface area (Å²) in [7, 11) is 0. The van der Waals surface area contributed by atoms with E-state index in [1.165, 1.54) is 24.8 Å². The van der Waals surface area contributed by atoms with Gasteiger partial charge in [-0.15, -0.1) is 0 Å². The first-order chi connectivity index (χ1) is 11.6. The minimum absolute atomic E-state index is 0.260. The first-order valence-electron chi connectivity index (χ1n) is 10.4. The minimum Gasteiger partial charge on any atom is -0.393 e. The highest BCUT2D eigenvalue weighted by atomic mass is 16.3. The lowest BCUT2D eigenvalue weighted by Gasteiger charge is -2.65. The Morgan fingerprint density at radius 3 is 2.40 bits per heavy atom. The van der Waals surface area contributed by atoms with Crippen LogP contribution in [0.3, 0.4) is 0 Å². The molecule has 0 bridgehead atoms. The van der Waals surface area contributed by atoms with E-state index in [9.17, 15) is 15.3 Å². The molecule has 25 heavy (non-hydrogen) atoms. The molecule has 0 aliphatic heterocycles. The Bertz CT molecular complexity index is 594. The van der Waals surface area contributed by atoms with Gasteiger partial charge in [0.05, 0.1) is 17.8 Å². The van der Waals surface area contributed by atoms with Crippen molar-refractivity contribution >= 4 is 0 Å². The van der Waals surface area contributed by atoms with Crippen LogP contribution in [0.4, 0.5) is 0 Å². The van der Waals surface area contributed by atoms with Crippen LogP contribution in [0.15, 0.2) is 11.1 Å². The molecule has 0 heterocycles. The van der Waals surface area contributed by atoms with Crippen LogP contribution in [-0.4, -0.2) is 33.1 Å². The van der Waals surface area contributed by atoms with Crippen molar-refractivity contribution in [2.75, 3.05) is 0 Å². The smallest absolute Gasteiger partial charge is 0.0985 e. The van der Waals surface area contributed by atoms with Gasteiger partial charge >= 0.3 is 0 Å². The van der Waals surface area contributed by atoms with E-state index >= 15 is 0 Å². The first kappa shape index (κ1) is 18.0. The van der Waals surface area contributed by atoms with E-state index < -0.39 is 17.8 Å². The van der Waals surface area contributed by atoms with Gasteiger partial charge in [-0.3, -0.25) is 0 Å². The quantitative estimate of drug-likeness (QED) is 0.583. The molecule has 0 saturated heterocycles. The summed E-state index contributed by atoms with van der Waals surface area (Å²) in [6.45, 7) is 9.18. The van der Waals surface area contributed by atoms with Gasteiger partial charge in [-0.2, -0.15) is 0 Å². The molecule has 3 nitrogen and oxygen atoms in total. The standard InChI is InChI=1S/C22H36O3/c1-13(2)16-5-6-17-15-11-19(24)22(25)12-14(23)7-10-21(22,4)18(15)8-9-20(16,17)3/h14-15,17-19,23-25H,5-12H2,1-4H3/t14-,15?,17?,18?,19+,20+,21+,22-/m0/s1. The number of fused-ring (bicyclic) bond motifs is 5. The first-order valence-corrected chi connectivity index (χ1v) is 10.4. The summed E-state index contributed by atoms with van der Waals surface area (Å²) in [5.41, 5.74) is 2.07. The third kappa shape index (κ3) is 2.21. The Morgan fingerprint density at radius 1 is 1.00 bits per heavy atom. The maximum Gasteiger partial charge on any atom is 0.0985 e. The van der Waals surface area contributed by atoms with Crippen molar-refractivity contribution in [3.05, 3.63) is 11.1 Å². The molecule has 3 N–H and O–H groups in total. The second-order valence-corrected chi connectivity index (χ2v) is 10.3. The highest BCUT2D eigenvalue weighted by Gasteiger charge is 2.66. The highest BCUT2D eigenvalue weighted by molar-refractivity contribution is 5.28. The molecule has 8 atom stereocenters. The van der Waals surface area contributed by atoms with E-state index in [1.54, 1.807) is 5.57 Å². The van der Waals surface area contributed by atoms with E-state index in [-0.39, 0.29) is 5.41 Å². The lowest BCUT2D eigenvalue weighted by molar-refractivity contribution is -0.262. The molecule has 0 aromatic carbocycles. The topological polar surface area (TPSA) is 60.7 Å². The third-order valence-corrected chi connectivity index (χ3v) is 9.22. The maximum absolute atomic E-state index is 11.5. The summed E-state index contributed by atoms with van der Waals surface area (Å²) in [6.07, 6.45) is 6.28. The Morgan fingerprint density at radius 2 is 1.72 bits per heavy atom. The Kier molecular flexibility index (Phi) is 4.00. The van der Waals surface area contributed by atoms with Crippen LogP contribution < -0.4 is 0 Å².